The van der Waals surface area contributed by atoms with Crippen LogP contribution >= 0.6 is 15.9 Å². The van der Waals surface area contributed by atoms with Crippen LogP contribution in [0.2, 0.25) is 0 Å². The molecule has 1 aliphatic heterocycles. The van der Waals surface area contributed by atoms with Gasteiger partial charge in [0.1, 0.15) is 0 Å². The van der Waals surface area contributed by atoms with Crippen LogP contribution in [0.25, 0.3) is 0 Å². The van der Waals surface area contributed by atoms with Gasteiger partial charge in [0.2, 0.25) is 0 Å². The number of rotatable bonds is 7. The summed E-state index contributed by atoms with van der Waals surface area (Å²) in [6.45, 7) is 7.65. The van der Waals surface area contributed by atoms with Gasteiger partial charge in [-0.05, 0) is 17.7 Å². The Balaban J connectivity index is 1.66. The van der Waals surface area contributed by atoms with Crippen molar-refractivity contribution in [1.29, 1.82) is 0 Å². The average Bonchev–Trinajstić information content (AvgIpc) is 2.45. The molecule has 0 spiro atoms. The zero-order valence-corrected chi connectivity index (χ0v) is 13.4. The maximum absolute atomic E-state index is 8.65. The van der Waals surface area contributed by atoms with Crippen LogP contribution in [0.5, 0.6) is 0 Å². The van der Waals surface area contributed by atoms with Crippen molar-refractivity contribution in [3.8, 4) is 0 Å². The standard InChI is InChI=1S/C15H23BrN2O2/c16-15-3-1-2-14(12-15)13-18-6-4-17(5-7-18)8-10-20-11-9-19/h1-3,12,19H,4-11,13H2. The summed E-state index contributed by atoms with van der Waals surface area (Å²) in [6.07, 6.45) is 0. The monoisotopic (exact) mass is 342 g/mol. The van der Waals surface area contributed by atoms with Gasteiger partial charge >= 0.3 is 0 Å². The molecular formula is C15H23BrN2O2. The lowest BCUT2D eigenvalue weighted by atomic mass is 10.2. The predicted octanol–water partition coefficient (Wildman–Crippen LogP) is 1.58. The zero-order chi connectivity index (χ0) is 14.2. The van der Waals surface area contributed by atoms with Crippen LogP contribution in [0.4, 0.5) is 0 Å². The number of halogens is 1. The number of hydrogen-bond acceptors (Lipinski definition) is 4. The van der Waals surface area contributed by atoms with Gasteiger partial charge in [-0.25, -0.2) is 0 Å². The van der Waals surface area contributed by atoms with Gasteiger partial charge in [-0.2, -0.15) is 0 Å². The maximum Gasteiger partial charge on any atom is 0.0698 e. The van der Waals surface area contributed by atoms with E-state index in [1.165, 1.54) is 5.56 Å². The van der Waals surface area contributed by atoms with Crippen LogP contribution in [0.3, 0.4) is 0 Å². The fraction of sp³-hybridized carbons (Fsp3) is 0.600. The topological polar surface area (TPSA) is 35.9 Å². The summed E-state index contributed by atoms with van der Waals surface area (Å²) < 4.78 is 6.46. The molecule has 2 rings (SSSR count). The molecule has 0 radical (unpaired) electrons. The van der Waals surface area contributed by atoms with E-state index < -0.39 is 0 Å². The second-order valence-corrected chi connectivity index (χ2v) is 6.00. The first-order chi connectivity index (χ1) is 9.78. The van der Waals surface area contributed by atoms with Crippen molar-refractivity contribution in [2.45, 2.75) is 6.54 Å². The summed E-state index contributed by atoms with van der Waals surface area (Å²) in [5.74, 6) is 0. The lowest BCUT2D eigenvalue weighted by Gasteiger charge is -2.34. The van der Waals surface area contributed by atoms with E-state index >= 15 is 0 Å². The molecule has 1 heterocycles. The number of nitrogens with zero attached hydrogens (tertiary/aromatic N) is 2. The molecule has 0 amide bonds. The number of hydrogen-bond donors (Lipinski definition) is 1. The van der Waals surface area contributed by atoms with Crippen molar-refractivity contribution >= 4 is 15.9 Å². The Kier molecular flexibility index (Phi) is 6.96. The molecule has 20 heavy (non-hydrogen) atoms. The third kappa shape index (κ3) is 5.50. The van der Waals surface area contributed by atoms with Gasteiger partial charge < -0.3 is 9.84 Å². The third-order valence-corrected chi connectivity index (χ3v) is 4.04. The molecule has 1 aromatic rings. The lowest BCUT2D eigenvalue weighted by Crippen LogP contribution is -2.46. The minimum absolute atomic E-state index is 0.112. The normalized spacial score (nSPS) is 17.5. The first kappa shape index (κ1) is 15.9. The van der Waals surface area contributed by atoms with Crippen LogP contribution in [0.15, 0.2) is 28.7 Å². The second kappa shape index (κ2) is 8.74. The number of aliphatic hydroxyl groups excluding tert-OH is 1. The van der Waals surface area contributed by atoms with E-state index in [9.17, 15) is 0 Å². The second-order valence-electron chi connectivity index (χ2n) is 5.08. The van der Waals surface area contributed by atoms with E-state index in [-0.39, 0.29) is 6.61 Å². The van der Waals surface area contributed by atoms with Crippen molar-refractivity contribution in [1.82, 2.24) is 9.80 Å². The predicted molar refractivity (Wildman–Crippen MR) is 83.8 cm³/mol. The highest BCUT2D eigenvalue weighted by atomic mass is 79.9. The number of piperazine rings is 1. The molecule has 1 N–H and O–H groups in total. The Morgan fingerprint density at radius 3 is 2.55 bits per heavy atom. The summed E-state index contributed by atoms with van der Waals surface area (Å²) in [6, 6.07) is 8.52. The summed E-state index contributed by atoms with van der Waals surface area (Å²) in [7, 11) is 0. The SMILES string of the molecule is OCCOCCN1CCN(Cc2cccc(Br)c2)CC1. The van der Waals surface area contributed by atoms with Crippen molar-refractivity contribution in [3.63, 3.8) is 0 Å². The van der Waals surface area contributed by atoms with Gasteiger partial charge in [0, 0.05) is 43.7 Å². The van der Waals surface area contributed by atoms with Crippen LogP contribution in [-0.2, 0) is 11.3 Å². The van der Waals surface area contributed by atoms with E-state index in [1.807, 2.05) is 0 Å². The fourth-order valence-electron chi connectivity index (χ4n) is 2.42. The van der Waals surface area contributed by atoms with Crippen LogP contribution < -0.4 is 0 Å². The highest BCUT2D eigenvalue weighted by molar-refractivity contribution is 9.10. The number of aliphatic hydroxyl groups is 1. The molecule has 0 atom stereocenters. The zero-order valence-electron chi connectivity index (χ0n) is 11.8. The van der Waals surface area contributed by atoms with Crippen molar-refractivity contribution in [2.24, 2.45) is 0 Å². The molecule has 0 aliphatic carbocycles. The van der Waals surface area contributed by atoms with Gasteiger partial charge in [0.25, 0.3) is 0 Å². The van der Waals surface area contributed by atoms with E-state index in [2.05, 4.69) is 50.0 Å². The third-order valence-electron chi connectivity index (χ3n) is 3.55. The van der Waals surface area contributed by atoms with Crippen molar-refractivity contribution in [2.75, 3.05) is 52.5 Å². The molecule has 0 bridgehead atoms. The molecular weight excluding hydrogens is 320 g/mol. The highest BCUT2D eigenvalue weighted by Crippen LogP contribution is 2.14. The van der Waals surface area contributed by atoms with Gasteiger partial charge in [-0.1, -0.05) is 28.1 Å². The Morgan fingerprint density at radius 2 is 1.85 bits per heavy atom. The van der Waals surface area contributed by atoms with Crippen LogP contribution in [0.1, 0.15) is 5.56 Å². The molecule has 1 aliphatic rings. The van der Waals surface area contributed by atoms with E-state index in [0.717, 1.165) is 43.7 Å². The lowest BCUT2D eigenvalue weighted by molar-refractivity contribution is 0.0564. The minimum Gasteiger partial charge on any atom is -0.394 e. The van der Waals surface area contributed by atoms with E-state index in [4.69, 9.17) is 9.84 Å². The number of ether oxygens (including phenoxy) is 1. The van der Waals surface area contributed by atoms with Gasteiger partial charge in [-0.15, -0.1) is 0 Å². The highest BCUT2D eigenvalue weighted by Gasteiger charge is 2.16. The first-order valence-corrected chi connectivity index (χ1v) is 7.95. The smallest absolute Gasteiger partial charge is 0.0698 e. The maximum atomic E-state index is 8.65. The Bertz CT molecular complexity index is 395. The summed E-state index contributed by atoms with van der Waals surface area (Å²) in [5, 5.41) is 8.65. The molecule has 1 saturated heterocycles. The summed E-state index contributed by atoms with van der Waals surface area (Å²) >= 11 is 3.52. The number of benzene rings is 1. The average molecular weight is 343 g/mol. The molecule has 0 unspecified atom stereocenters. The molecule has 5 heteroatoms. The largest absolute Gasteiger partial charge is 0.394 e. The summed E-state index contributed by atoms with van der Waals surface area (Å²) in [4.78, 5) is 4.92. The quantitative estimate of drug-likeness (QED) is 0.763. The fourth-order valence-corrected chi connectivity index (χ4v) is 2.87. The molecule has 0 saturated carbocycles. The minimum atomic E-state index is 0.112. The first-order valence-electron chi connectivity index (χ1n) is 7.15. The molecule has 112 valence electrons. The van der Waals surface area contributed by atoms with Gasteiger partial charge in [0.05, 0.1) is 19.8 Å². The van der Waals surface area contributed by atoms with Crippen molar-refractivity contribution in [3.05, 3.63) is 34.3 Å². The van der Waals surface area contributed by atoms with Crippen LogP contribution in [0, 0.1) is 0 Å². The van der Waals surface area contributed by atoms with E-state index in [1.54, 1.807) is 0 Å². The van der Waals surface area contributed by atoms with E-state index in [0.29, 0.717) is 13.2 Å². The summed E-state index contributed by atoms with van der Waals surface area (Å²) in [5.41, 5.74) is 1.36. The van der Waals surface area contributed by atoms with Crippen molar-refractivity contribution < 1.29 is 9.84 Å². The Labute approximate surface area is 129 Å². The Hall–Kier alpha value is -0.460. The molecule has 1 fully saturated rings. The van der Waals surface area contributed by atoms with Crippen LogP contribution in [-0.4, -0.2) is 67.5 Å². The van der Waals surface area contributed by atoms with Gasteiger partial charge in [0.15, 0.2) is 0 Å². The molecule has 1 aromatic carbocycles. The Morgan fingerprint density at radius 1 is 1.10 bits per heavy atom. The molecule has 4 nitrogen and oxygen atoms in total. The molecule has 0 aromatic heterocycles. The van der Waals surface area contributed by atoms with Gasteiger partial charge in [-0.3, -0.25) is 9.80 Å².